The third-order valence-corrected chi connectivity index (χ3v) is 4.12. The van der Waals surface area contributed by atoms with Gasteiger partial charge in [-0.3, -0.25) is 0 Å². The second-order valence-corrected chi connectivity index (χ2v) is 4.96. The molecule has 1 nitrogen and oxygen atoms in total. The lowest BCUT2D eigenvalue weighted by Crippen LogP contribution is -1.84. The van der Waals surface area contributed by atoms with Crippen LogP contribution in [0.25, 0.3) is 27.1 Å². The maximum atomic E-state index is 4.36. The normalized spacial score (nSPS) is 13.8. The van der Waals surface area contributed by atoms with E-state index in [0.717, 1.165) is 11.9 Å². The highest BCUT2D eigenvalue weighted by atomic mass is 32.1. The van der Waals surface area contributed by atoms with Gasteiger partial charge in [0.15, 0.2) is 0 Å². The summed E-state index contributed by atoms with van der Waals surface area (Å²) >= 11 is 1.73. The fourth-order valence-corrected chi connectivity index (χ4v) is 3.29. The first kappa shape index (κ1) is 8.48. The Morgan fingerprint density at radius 1 is 1.06 bits per heavy atom. The quantitative estimate of drug-likeness (QED) is 0.561. The number of thiazole rings is 1. The molecule has 0 spiro atoms. The van der Waals surface area contributed by atoms with Crippen LogP contribution in [0.5, 0.6) is 0 Å². The summed E-state index contributed by atoms with van der Waals surface area (Å²) in [6, 6.07) is 8.81. The monoisotopic (exact) mass is 223 g/mol. The smallest absolute Gasteiger partial charge is 0.0818 e. The van der Waals surface area contributed by atoms with Crippen molar-refractivity contribution in [1.29, 1.82) is 0 Å². The van der Waals surface area contributed by atoms with Crippen LogP contribution >= 0.6 is 11.3 Å². The van der Waals surface area contributed by atoms with Gasteiger partial charge in [-0.2, -0.15) is 0 Å². The lowest BCUT2D eigenvalue weighted by Gasteiger charge is -2.05. The van der Waals surface area contributed by atoms with E-state index in [1.54, 1.807) is 11.3 Å². The Bertz CT molecular complexity index is 737. The zero-order valence-corrected chi connectivity index (χ0v) is 9.42. The predicted octanol–water partition coefficient (Wildman–Crippen LogP) is 4.02. The lowest BCUT2D eigenvalue weighted by molar-refractivity contribution is 1.32. The fraction of sp³-hybridized carbons (Fsp3) is 0.0714. The molecule has 0 amide bonds. The molecule has 0 saturated heterocycles. The number of benzene rings is 2. The molecular weight excluding hydrogens is 214 g/mol. The van der Waals surface area contributed by atoms with Gasteiger partial charge >= 0.3 is 0 Å². The zero-order chi connectivity index (χ0) is 10.5. The summed E-state index contributed by atoms with van der Waals surface area (Å²) in [6.07, 6.45) is 5.55. The van der Waals surface area contributed by atoms with Crippen LogP contribution in [-0.2, 0) is 6.42 Å². The van der Waals surface area contributed by atoms with Gasteiger partial charge in [-0.15, -0.1) is 11.3 Å². The standard InChI is InChI=1S/C14H9NS/c1-2-9-4-5-12-11(10(9)3-1)6-7-13-14(12)16-8-15-13/h1,3-8H,2H2. The van der Waals surface area contributed by atoms with Gasteiger partial charge in [0.1, 0.15) is 0 Å². The van der Waals surface area contributed by atoms with Crippen molar-refractivity contribution in [2.75, 3.05) is 0 Å². The van der Waals surface area contributed by atoms with E-state index in [1.807, 2.05) is 5.51 Å². The molecular formula is C14H9NS. The minimum Gasteiger partial charge on any atom is -0.245 e. The van der Waals surface area contributed by atoms with E-state index in [-0.39, 0.29) is 0 Å². The van der Waals surface area contributed by atoms with Crippen molar-refractivity contribution in [2.24, 2.45) is 0 Å². The molecule has 2 heteroatoms. The Kier molecular flexibility index (Phi) is 1.55. The van der Waals surface area contributed by atoms with Crippen molar-refractivity contribution in [1.82, 2.24) is 4.98 Å². The minimum absolute atomic E-state index is 1.08. The van der Waals surface area contributed by atoms with Gasteiger partial charge in [-0.25, -0.2) is 4.98 Å². The first-order valence-electron chi connectivity index (χ1n) is 5.38. The van der Waals surface area contributed by atoms with E-state index in [4.69, 9.17) is 0 Å². The summed E-state index contributed by atoms with van der Waals surface area (Å²) in [6.45, 7) is 0. The van der Waals surface area contributed by atoms with Crippen LogP contribution in [0.4, 0.5) is 0 Å². The van der Waals surface area contributed by atoms with Gasteiger partial charge in [0, 0.05) is 5.39 Å². The highest BCUT2D eigenvalue weighted by Gasteiger charge is 2.11. The van der Waals surface area contributed by atoms with Crippen LogP contribution in [0.15, 0.2) is 35.9 Å². The first-order chi connectivity index (χ1) is 7.93. The largest absolute Gasteiger partial charge is 0.245 e. The second-order valence-electron chi connectivity index (χ2n) is 4.11. The average molecular weight is 223 g/mol. The molecule has 76 valence electrons. The first-order valence-corrected chi connectivity index (χ1v) is 6.26. The summed E-state index contributed by atoms with van der Waals surface area (Å²) in [7, 11) is 0. The summed E-state index contributed by atoms with van der Waals surface area (Å²) in [4.78, 5) is 4.36. The summed E-state index contributed by atoms with van der Waals surface area (Å²) < 4.78 is 1.31. The van der Waals surface area contributed by atoms with Gasteiger partial charge in [0.25, 0.3) is 0 Å². The molecule has 1 heterocycles. The SMILES string of the molecule is C1=Cc2c(ccc3c2ccc2ncsc23)C1. The molecule has 0 atom stereocenters. The number of hydrogen-bond donors (Lipinski definition) is 0. The third-order valence-electron chi connectivity index (χ3n) is 3.25. The predicted molar refractivity (Wildman–Crippen MR) is 69.9 cm³/mol. The molecule has 0 saturated carbocycles. The Morgan fingerprint density at radius 2 is 2.00 bits per heavy atom. The second kappa shape index (κ2) is 2.92. The molecule has 0 unspecified atom stereocenters. The van der Waals surface area contributed by atoms with Crippen molar-refractivity contribution < 1.29 is 0 Å². The number of hydrogen-bond acceptors (Lipinski definition) is 2. The maximum absolute atomic E-state index is 4.36. The third kappa shape index (κ3) is 0.973. The number of allylic oxidation sites excluding steroid dienone is 1. The van der Waals surface area contributed by atoms with Crippen LogP contribution in [0.2, 0.25) is 0 Å². The van der Waals surface area contributed by atoms with E-state index >= 15 is 0 Å². The van der Waals surface area contributed by atoms with Crippen LogP contribution < -0.4 is 0 Å². The highest BCUT2D eigenvalue weighted by molar-refractivity contribution is 7.17. The number of nitrogens with zero attached hydrogens (tertiary/aromatic N) is 1. The van der Waals surface area contributed by atoms with Crippen molar-refractivity contribution in [2.45, 2.75) is 6.42 Å². The Hall–Kier alpha value is -1.67. The molecule has 16 heavy (non-hydrogen) atoms. The molecule has 2 aromatic carbocycles. The number of fused-ring (bicyclic) bond motifs is 5. The highest BCUT2D eigenvalue weighted by Crippen LogP contribution is 2.34. The van der Waals surface area contributed by atoms with E-state index in [9.17, 15) is 0 Å². The molecule has 3 aromatic rings. The topological polar surface area (TPSA) is 12.9 Å². The van der Waals surface area contributed by atoms with Gasteiger partial charge in [0.05, 0.1) is 15.7 Å². The van der Waals surface area contributed by atoms with E-state index in [2.05, 4.69) is 41.4 Å². The molecule has 0 aliphatic heterocycles. The van der Waals surface area contributed by atoms with Gasteiger partial charge in [-0.05, 0) is 29.0 Å². The molecule has 0 fully saturated rings. The number of rotatable bonds is 0. The average Bonchev–Trinajstić information content (AvgIpc) is 2.96. The molecule has 0 bridgehead atoms. The van der Waals surface area contributed by atoms with Crippen LogP contribution in [-0.4, -0.2) is 4.98 Å². The van der Waals surface area contributed by atoms with Gasteiger partial charge in [0.2, 0.25) is 0 Å². The van der Waals surface area contributed by atoms with Crippen molar-refractivity contribution in [3.8, 4) is 0 Å². The van der Waals surface area contributed by atoms with Crippen LogP contribution in [0.1, 0.15) is 11.1 Å². The lowest BCUT2D eigenvalue weighted by atomic mass is 10.0. The summed E-state index contributed by atoms with van der Waals surface area (Å²) in [5, 5.41) is 2.70. The summed E-state index contributed by atoms with van der Waals surface area (Å²) in [5.41, 5.74) is 5.87. The van der Waals surface area contributed by atoms with E-state index < -0.39 is 0 Å². The van der Waals surface area contributed by atoms with Crippen LogP contribution in [0.3, 0.4) is 0 Å². The molecule has 0 radical (unpaired) electrons. The fourth-order valence-electron chi connectivity index (χ4n) is 2.47. The van der Waals surface area contributed by atoms with Crippen molar-refractivity contribution in [3.05, 3.63) is 47.0 Å². The summed E-state index contributed by atoms with van der Waals surface area (Å²) in [5.74, 6) is 0. The van der Waals surface area contributed by atoms with Crippen molar-refractivity contribution >= 4 is 38.4 Å². The molecule has 4 rings (SSSR count). The van der Waals surface area contributed by atoms with Crippen LogP contribution in [0, 0.1) is 0 Å². The maximum Gasteiger partial charge on any atom is 0.0818 e. The molecule has 1 aliphatic carbocycles. The van der Waals surface area contributed by atoms with E-state index in [0.29, 0.717) is 0 Å². The molecule has 0 N–H and O–H groups in total. The minimum atomic E-state index is 1.08. The Labute approximate surface area is 97.1 Å². The van der Waals surface area contributed by atoms with Crippen molar-refractivity contribution in [3.63, 3.8) is 0 Å². The molecule has 1 aromatic heterocycles. The van der Waals surface area contributed by atoms with Gasteiger partial charge < -0.3 is 0 Å². The van der Waals surface area contributed by atoms with E-state index in [1.165, 1.54) is 26.6 Å². The number of aromatic nitrogens is 1. The Balaban J connectivity index is 2.28. The van der Waals surface area contributed by atoms with Gasteiger partial charge in [-0.1, -0.05) is 30.4 Å². The Morgan fingerprint density at radius 3 is 3.00 bits per heavy atom. The molecule has 1 aliphatic rings. The zero-order valence-electron chi connectivity index (χ0n) is 8.60.